The van der Waals surface area contributed by atoms with Gasteiger partial charge in [-0.2, -0.15) is 5.10 Å². The average Bonchev–Trinajstić information content (AvgIpc) is 2.58. The van der Waals surface area contributed by atoms with Crippen molar-refractivity contribution in [3.63, 3.8) is 0 Å². The van der Waals surface area contributed by atoms with E-state index in [1.165, 1.54) is 0 Å². The molecule has 0 radical (unpaired) electrons. The molecular weight excluding hydrogens is 272 g/mol. The lowest BCUT2D eigenvalue weighted by molar-refractivity contribution is 0.0954. The minimum atomic E-state index is -0.171. The van der Waals surface area contributed by atoms with Gasteiger partial charge in [0.2, 0.25) is 0 Å². The summed E-state index contributed by atoms with van der Waals surface area (Å²) < 4.78 is 0. The minimum Gasteiger partial charge on any atom is -0.267 e. The summed E-state index contributed by atoms with van der Waals surface area (Å²) in [5, 5.41) is 4.14. The highest BCUT2D eigenvalue weighted by Crippen LogP contribution is 2.19. The molecule has 3 heteroatoms. The van der Waals surface area contributed by atoms with E-state index in [9.17, 15) is 4.79 Å². The van der Waals surface area contributed by atoms with Gasteiger partial charge in [-0.25, -0.2) is 5.43 Å². The molecule has 1 N–H and O–H groups in total. The van der Waals surface area contributed by atoms with Crippen molar-refractivity contribution in [2.75, 3.05) is 0 Å². The summed E-state index contributed by atoms with van der Waals surface area (Å²) in [7, 11) is 0. The zero-order chi connectivity index (χ0) is 15.8. The molecule has 0 bridgehead atoms. The molecule has 0 aliphatic rings. The lowest BCUT2D eigenvalue weighted by Crippen LogP contribution is -2.18. The highest BCUT2D eigenvalue weighted by molar-refractivity contribution is 5.95. The predicted octanol–water partition coefficient (Wildman–Crippen LogP) is 4.65. The topological polar surface area (TPSA) is 41.5 Å². The van der Waals surface area contributed by atoms with Gasteiger partial charge in [-0.3, -0.25) is 4.79 Å². The van der Waals surface area contributed by atoms with Crippen LogP contribution in [-0.4, -0.2) is 11.6 Å². The standard InChI is InChI=1S/C19H22N2O/c1-3-4-8-15(2)20-21-19(22)18-13-11-17(12-14-18)16-9-6-5-7-10-16/h5-7,9-14H,3-4,8H2,1-2H3,(H,21,22). The number of nitrogens with one attached hydrogen (secondary N) is 1. The highest BCUT2D eigenvalue weighted by atomic mass is 16.2. The highest BCUT2D eigenvalue weighted by Gasteiger charge is 2.05. The third kappa shape index (κ3) is 4.55. The van der Waals surface area contributed by atoms with E-state index >= 15 is 0 Å². The van der Waals surface area contributed by atoms with Crippen LogP contribution in [0, 0.1) is 0 Å². The first kappa shape index (κ1) is 16.0. The molecule has 0 atom stereocenters. The Kier molecular flexibility index (Phi) is 5.90. The van der Waals surface area contributed by atoms with Crippen molar-refractivity contribution in [3.05, 3.63) is 60.2 Å². The summed E-state index contributed by atoms with van der Waals surface area (Å²) in [5.74, 6) is -0.171. The van der Waals surface area contributed by atoms with Gasteiger partial charge in [0.1, 0.15) is 0 Å². The molecule has 0 unspecified atom stereocenters. The summed E-state index contributed by atoms with van der Waals surface area (Å²) in [6.07, 6.45) is 3.14. The van der Waals surface area contributed by atoms with Crippen LogP contribution in [0.3, 0.4) is 0 Å². The Bertz CT molecular complexity index is 630. The molecule has 2 rings (SSSR count). The number of unbranched alkanes of at least 4 members (excludes halogenated alkanes) is 1. The molecule has 0 spiro atoms. The minimum absolute atomic E-state index is 0.171. The summed E-state index contributed by atoms with van der Waals surface area (Å²) in [4.78, 5) is 12.1. The van der Waals surface area contributed by atoms with Crippen LogP contribution in [0.25, 0.3) is 11.1 Å². The maximum absolute atomic E-state index is 12.1. The van der Waals surface area contributed by atoms with Gasteiger partial charge in [0.25, 0.3) is 5.91 Å². The third-order valence-electron chi connectivity index (χ3n) is 3.49. The lowest BCUT2D eigenvalue weighted by Gasteiger charge is -2.04. The molecule has 114 valence electrons. The molecule has 0 saturated carbocycles. The van der Waals surface area contributed by atoms with Crippen molar-refractivity contribution in [3.8, 4) is 11.1 Å². The van der Waals surface area contributed by atoms with Crippen LogP contribution >= 0.6 is 0 Å². The summed E-state index contributed by atoms with van der Waals surface area (Å²) in [6.45, 7) is 4.08. The first-order valence-corrected chi connectivity index (χ1v) is 7.69. The Morgan fingerprint density at radius 1 is 1.00 bits per heavy atom. The van der Waals surface area contributed by atoms with Crippen molar-refractivity contribution in [2.45, 2.75) is 33.1 Å². The van der Waals surface area contributed by atoms with E-state index in [2.05, 4.69) is 29.6 Å². The summed E-state index contributed by atoms with van der Waals surface area (Å²) >= 11 is 0. The van der Waals surface area contributed by atoms with Gasteiger partial charge in [0.15, 0.2) is 0 Å². The maximum Gasteiger partial charge on any atom is 0.271 e. The largest absolute Gasteiger partial charge is 0.271 e. The van der Waals surface area contributed by atoms with Crippen molar-refractivity contribution in [2.24, 2.45) is 5.10 Å². The second kappa shape index (κ2) is 8.13. The average molecular weight is 294 g/mol. The number of carbonyl (C=O) groups is 1. The van der Waals surface area contributed by atoms with E-state index in [1.54, 1.807) is 0 Å². The molecule has 2 aromatic rings. The van der Waals surface area contributed by atoms with Crippen LogP contribution < -0.4 is 5.43 Å². The smallest absolute Gasteiger partial charge is 0.267 e. The molecule has 0 heterocycles. The number of hydrazone groups is 1. The van der Waals surface area contributed by atoms with Crippen LogP contribution in [0.4, 0.5) is 0 Å². The number of hydrogen-bond acceptors (Lipinski definition) is 2. The normalized spacial score (nSPS) is 11.3. The fourth-order valence-electron chi connectivity index (χ4n) is 2.14. The fourth-order valence-corrected chi connectivity index (χ4v) is 2.14. The predicted molar refractivity (Wildman–Crippen MR) is 92.0 cm³/mol. The lowest BCUT2D eigenvalue weighted by atomic mass is 10.0. The van der Waals surface area contributed by atoms with E-state index in [1.807, 2.05) is 49.4 Å². The third-order valence-corrected chi connectivity index (χ3v) is 3.49. The van der Waals surface area contributed by atoms with Crippen molar-refractivity contribution in [1.82, 2.24) is 5.43 Å². The molecule has 0 fully saturated rings. The van der Waals surface area contributed by atoms with Gasteiger partial charge in [0.05, 0.1) is 0 Å². The monoisotopic (exact) mass is 294 g/mol. The molecule has 0 aromatic heterocycles. The van der Waals surface area contributed by atoms with Crippen molar-refractivity contribution in [1.29, 1.82) is 0 Å². The Morgan fingerprint density at radius 3 is 2.27 bits per heavy atom. The van der Waals surface area contributed by atoms with Crippen molar-refractivity contribution >= 4 is 11.6 Å². The van der Waals surface area contributed by atoms with Crippen molar-refractivity contribution < 1.29 is 4.79 Å². The first-order chi connectivity index (χ1) is 10.7. The number of benzene rings is 2. The zero-order valence-electron chi connectivity index (χ0n) is 13.2. The number of amides is 1. The number of nitrogens with zero attached hydrogens (tertiary/aromatic N) is 1. The summed E-state index contributed by atoms with van der Waals surface area (Å²) in [5.41, 5.74) is 6.43. The molecule has 0 aliphatic heterocycles. The Morgan fingerprint density at radius 2 is 1.64 bits per heavy atom. The van der Waals surface area contributed by atoms with Gasteiger partial charge in [-0.05, 0) is 43.0 Å². The van der Waals surface area contributed by atoms with Gasteiger partial charge in [0, 0.05) is 11.3 Å². The van der Waals surface area contributed by atoms with Crippen LogP contribution in [-0.2, 0) is 0 Å². The number of carbonyl (C=O) groups excluding carboxylic acids is 1. The van der Waals surface area contributed by atoms with E-state index in [4.69, 9.17) is 0 Å². The maximum atomic E-state index is 12.1. The molecule has 22 heavy (non-hydrogen) atoms. The molecule has 0 aliphatic carbocycles. The van der Waals surface area contributed by atoms with Crippen LogP contribution in [0.2, 0.25) is 0 Å². The van der Waals surface area contributed by atoms with Gasteiger partial charge in [-0.15, -0.1) is 0 Å². The second-order valence-electron chi connectivity index (χ2n) is 5.33. The zero-order valence-corrected chi connectivity index (χ0v) is 13.2. The Balaban J connectivity index is 2.00. The number of rotatable bonds is 6. The van der Waals surface area contributed by atoms with E-state index in [0.717, 1.165) is 36.1 Å². The van der Waals surface area contributed by atoms with Crippen LogP contribution in [0.15, 0.2) is 59.7 Å². The Labute approximate surface area is 132 Å². The first-order valence-electron chi connectivity index (χ1n) is 7.69. The van der Waals surface area contributed by atoms with Gasteiger partial charge in [-0.1, -0.05) is 55.8 Å². The fraction of sp³-hybridized carbons (Fsp3) is 0.263. The molecule has 2 aromatic carbocycles. The molecule has 1 amide bonds. The molecule has 3 nitrogen and oxygen atoms in total. The van der Waals surface area contributed by atoms with E-state index in [-0.39, 0.29) is 5.91 Å². The molecular formula is C19H22N2O. The van der Waals surface area contributed by atoms with E-state index < -0.39 is 0 Å². The molecule has 0 saturated heterocycles. The van der Waals surface area contributed by atoms with Gasteiger partial charge >= 0.3 is 0 Å². The number of hydrogen-bond donors (Lipinski definition) is 1. The SMILES string of the molecule is CCCCC(C)=NNC(=O)c1ccc(-c2ccccc2)cc1. The Hall–Kier alpha value is -2.42. The van der Waals surface area contributed by atoms with E-state index in [0.29, 0.717) is 5.56 Å². The van der Waals surface area contributed by atoms with Crippen LogP contribution in [0.1, 0.15) is 43.5 Å². The van der Waals surface area contributed by atoms with Crippen LogP contribution in [0.5, 0.6) is 0 Å². The second-order valence-corrected chi connectivity index (χ2v) is 5.33. The quantitative estimate of drug-likeness (QED) is 0.611. The van der Waals surface area contributed by atoms with Gasteiger partial charge < -0.3 is 0 Å². The summed E-state index contributed by atoms with van der Waals surface area (Å²) in [6, 6.07) is 17.7.